The van der Waals surface area contributed by atoms with E-state index < -0.39 is 0 Å². The van der Waals surface area contributed by atoms with Crippen molar-refractivity contribution in [3.8, 4) is 17.1 Å². The number of benzene rings is 2. The molecule has 3 aromatic rings. The molecule has 156 valence electrons. The van der Waals surface area contributed by atoms with Gasteiger partial charge in [-0.05, 0) is 60.5 Å². The standard InChI is InChI=1S/C24H25FN2O3/c1-29-21-9-3-18(4-10-21)17-26-13-2-14-27(16-15-26)24(28)23-12-11-22(30-23)19-5-7-20(25)8-6-19/h3-12H,2,13-17H2,1H3. The summed E-state index contributed by atoms with van der Waals surface area (Å²) in [5.41, 5.74) is 1.97. The maximum Gasteiger partial charge on any atom is 0.289 e. The van der Waals surface area contributed by atoms with E-state index in [0.29, 0.717) is 24.6 Å². The Kier molecular flexibility index (Phi) is 6.14. The SMILES string of the molecule is COc1ccc(CN2CCCN(C(=O)c3ccc(-c4ccc(F)cc4)o3)CC2)cc1. The van der Waals surface area contributed by atoms with Crippen LogP contribution in [0.1, 0.15) is 22.5 Å². The van der Waals surface area contributed by atoms with Crippen molar-refractivity contribution in [2.24, 2.45) is 0 Å². The molecule has 0 radical (unpaired) electrons. The maximum absolute atomic E-state index is 13.1. The van der Waals surface area contributed by atoms with Crippen LogP contribution in [0.4, 0.5) is 4.39 Å². The van der Waals surface area contributed by atoms with Crippen molar-refractivity contribution in [3.05, 3.63) is 77.8 Å². The van der Waals surface area contributed by atoms with E-state index in [4.69, 9.17) is 9.15 Å². The van der Waals surface area contributed by atoms with E-state index in [2.05, 4.69) is 17.0 Å². The number of furan rings is 1. The summed E-state index contributed by atoms with van der Waals surface area (Å²) in [6.45, 7) is 3.95. The number of halogens is 1. The van der Waals surface area contributed by atoms with E-state index >= 15 is 0 Å². The maximum atomic E-state index is 13.1. The second kappa shape index (κ2) is 9.13. The smallest absolute Gasteiger partial charge is 0.289 e. The molecule has 0 unspecified atom stereocenters. The summed E-state index contributed by atoms with van der Waals surface area (Å²) in [5.74, 6) is 1.33. The Bertz CT molecular complexity index is 982. The lowest BCUT2D eigenvalue weighted by atomic mass is 10.2. The van der Waals surface area contributed by atoms with Gasteiger partial charge in [0.2, 0.25) is 0 Å². The first-order valence-electron chi connectivity index (χ1n) is 10.1. The Morgan fingerprint density at radius 3 is 2.47 bits per heavy atom. The zero-order chi connectivity index (χ0) is 20.9. The number of nitrogens with zero attached hydrogens (tertiary/aromatic N) is 2. The molecule has 1 aliphatic heterocycles. The third-order valence-electron chi connectivity index (χ3n) is 5.39. The zero-order valence-corrected chi connectivity index (χ0v) is 17.0. The van der Waals surface area contributed by atoms with Crippen molar-refractivity contribution >= 4 is 5.91 Å². The molecule has 0 spiro atoms. The summed E-state index contributed by atoms with van der Waals surface area (Å²) >= 11 is 0. The summed E-state index contributed by atoms with van der Waals surface area (Å²) in [5, 5.41) is 0. The highest BCUT2D eigenvalue weighted by Gasteiger charge is 2.23. The lowest BCUT2D eigenvalue weighted by molar-refractivity contribution is 0.0730. The predicted molar refractivity (Wildman–Crippen MR) is 113 cm³/mol. The molecule has 0 saturated carbocycles. The number of amides is 1. The van der Waals surface area contributed by atoms with Crippen LogP contribution in [0.3, 0.4) is 0 Å². The average molecular weight is 408 g/mol. The summed E-state index contributed by atoms with van der Waals surface area (Å²) in [7, 11) is 1.66. The van der Waals surface area contributed by atoms with Gasteiger partial charge in [0.25, 0.3) is 5.91 Å². The molecular weight excluding hydrogens is 383 g/mol. The van der Waals surface area contributed by atoms with E-state index in [0.717, 1.165) is 37.4 Å². The van der Waals surface area contributed by atoms with Crippen LogP contribution < -0.4 is 4.74 Å². The zero-order valence-electron chi connectivity index (χ0n) is 17.0. The number of carbonyl (C=O) groups is 1. The van der Waals surface area contributed by atoms with Gasteiger partial charge in [0.05, 0.1) is 7.11 Å². The Morgan fingerprint density at radius 2 is 1.73 bits per heavy atom. The molecule has 0 aliphatic carbocycles. The number of rotatable bonds is 5. The third kappa shape index (κ3) is 4.71. The van der Waals surface area contributed by atoms with Crippen molar-refractivity contribution < 1.29 is 18.3 Å². The number of carbonyl (C=O) groups excluding carboxylic acids is 1. The van der Waals surface area contributed by atoms with E-state index in [9.17, 15) is 9.18 Å². The second-order valence-corrected chi connectivity index (χ2v) is 7.44. The van der Waals surface area contributed by atoms with Crippen LogP contribution in [0.2, 0.25) is 0 Å². The lowest BCUT2D eigenvalue weighted by Crippen LogP contribution is -2.34. The van der Waals surface area contributed by atoms with Gasteiger partial charge in [-0.25, -0.2) is 4.39 Å². The molecule has 1 aromatic heterocycles. The van der Waals surface area contributed by atoms with Gasteiger partial charge in [-0.15, -0.1) is 0 Å². The minimum absolute atomic E-state index is 0.102. The number of hydrogen-bond acceptors (Lipinski definition) is 4. The Morgan fingerprint density at radius 1 is 0.967 bits per heavy atom. The Hall–Kier alpha value is -3.12. The molecule has 0 bridgehead atoms. The lowest BCUT2D eigenvalue weighted by Gasteiger charge is -2.21. The fraction of sp³-hybridized carbons (Fsp3) is 0.292. The van der Waals surface area contributed by atoms with E-state index in [1.807, 2.05) is 17.0 Å². The normalized spacial score (nSPS) is 15.1. The van der Waals surface area contributed by atoms with Crippen LogP contribution in [0.15, 0.2) is 65.1 Å². The number of hydrogen-bond donors (Lipinski definition) is 0. The molecule has 2 aromatic carbocycles. The molecule has 1 fully saturated rings. The van der Waals surface area contributed by atoms with Gasteiger partial charge in [0.1, 0.15) is 17.3 Å². The minimum Gasteiger partial charge on any atom is -0.497 e. The van der Waals surface area contributed by atoms with Gasteiger partial charge in [-0.2, -0.15) is 0 Å². The van der Waals surface area contributed by atoms with Crippen molar-refractivity contribution in [2.45, 2.75) is 13.0 Å². The van der Waals surface area contributed by atoms with E-state index in [1.165, 1.54) is 17.7 Å². The number of ether oxygens (including phenoxy) is 1. The van der Waals surface area contributed by atoms with Crippen LogP contribution in [0, 0.1) is 5.82 Å². The molecule has 2 heterocycles. The van der Waals surface area contributed by atoms with Crippen LogP contribution in [0.5, 0.6) is 5.75 Å². The quantitative estimate of drug-likeness (QED) is 0.626. The molecule has 1 amide bonds. The third-order valence-corrected chi connectivity index (χ3v) is 5.39. The van der Waals surface area contributed by atoms with Crippen molar-refractivity contribution in [1.29, 1.82) is 0 Å². The van der Waals surface area contributed by atoms with E-state index in [-0.39, 0.29) is 11.7 Å². The Labute approximate surface area is 175 Å². The van der Waals surface area contributed by atoms with Crippen LogP contribution in [-0.2, 0) is 6.54 Å². The molecule has 30 heavy (non-hydrogen) atoms. The highest BCUT2D eigenvalue weighted by Crippen LogP contribution is 2.23. The average Bonchev–Trinajstić information content (AvgIpc) is 3.15. The van der Waals surface area contributed by atoms with Crippen molar-refractivity contribution in [2.75, 3.05) is 33.3 Å². The first-order chi connectivity index (χ1) is 14.6. The summed E-state index contributed by atoms with van der Waals surface area (Å²) in [6, 6.07) is 17.6. The van der Waals surface area contributed by atoms with Crippen LogP contribution in [0.25, 0.3) is 11.3 Å². The number of methoxy groups -OCH3 is 1. The first kappa shape index (κ1) is 20.2. The molecular formula is C24H25FN2O3. The molecule has 1 saturated heterocycles. The topological polar surface area (TPSA) is 45.9 Å². The largest absolute Gasteiger partial charge is 0.497 e. The molecule has 1 aliphatic rings. The van der Waals surface area contributed by atoms with Crippen LogP contribution in [-0.4, -0.2) is 49.0 Å². The van der Waals surface area contributed by atoms with Crippen molar-refractivity contribution in [3.63, 3.8) is 0 Å². The van der Waals surface area contributed by atoms with Gasteiger partial charge < -0.3 is 14.1 Å². The Balaban J connectivity index is 1.37. The highest BCUT2D eigenvalue weighted by atomic mass is 19.1. The van der Waals surface area contributed by atoms with Gasteiger partial charge in [0.15, 0.2) is 5.76 Å². The molecule has 5 nitrogen and oxygen atoms in total. The second-order valence-electron chi connectivity index (χ2n) is 7.44. The predicted octanol–water partition coefficient (Wildman–Crippen LogP) is 4.44. The highest BCUT2D eigenvalue weighted by molar-refractivity contribution is 5.92. The molecule has 6 heteroatoms. The fourth-order valence-corrected chi connectivity index (χ4v) is 3.70. The van der Waals surface area contributed by atoms with Gasteiger partial charge in [-0.1, -0.05) is 12.1 Å². The van der Waals surface area contributed by atoms with Crippen molar-refractivity contribution in [1.82, 2.24) is 9.80 Å². The molecule has 0 N–H and O–H groups in total. The fourth-order valence-electron chi connectivity index (χ4n) is 3.70. The van der Waals surface area contributed by atoms with Gasteiger partial charge >= 0.3 is 0 Å². The van der Waals surface area contributed by atoms with Crippen LogP contribution >= 0.6 is 0 Å². The molecule has 0 atom stereocenters. The monoisotopic (exact) mass is 408 g/mol. The summed E-state index contributed by atoms with van der Waals surface area (Å²) < 4.78 is 24.1. The minimum atomic E-state index is -0.301. The summed E-state index contributed by atoms with van der Waals surface area (Å²) in [4.78, 5) is 17.1. The first-order valence-corrected chi connectivity index (χ1v) is 10.1. The van der Waals surface area contributed by atoms with E-state index in [1.54, 1.807) is 31.4 Å². The van der Waals surface area contributed by atoms with Gasteiger partial charge in [0, 0.05) is 38.3 Å². The molecule has 4 rings (SSSR count). The summed E-state index contributed by atoms with van der Waals surface area (Å²) in [6.07, 6.45) is 0.910. The van der Waals surface area contributed by atoms with Gasteiger partial charge in [-0.3, -0.25) is 9.69 Å².